The van der Waals surface area contributed by atoms with Gasteiger partial charge < -0.3 is 4.74 Å². The Kier molecular flexibility index (Phi) is 4.71. The minimum absolute atomic E-state index is 0.155. The maximum atomic E-state index is 10.5. The van der Waals surface area contributed by atoms with E-state index in [1.165, 1.54) is 6.92 Å². The Morgan fingerprint density at radius 3 is 2.67 bits per heavy atom. The van der Waals surface area contributed by atoms with Crippen molar-refractivity contribution in [1.29, 1.82) is 0 Å². The van der Waals surface area contributed by atoms with Crippen molar-refractivity contribution in [2.24, 2.45) is 10.4 Å². The Hall–Kier alpha value is -0.730. The maximum absolute atomic E-state index is 10.5. The number of esters is 1. The molecule has 68 valence electrons. The molecule has 0 spiro atoms. The number of isothiocyanates is 1. The quantitative estimate of drug-likeness (QED) is 0.382. The van der Waals surface area contributed by atoms with Gasteiger partial charge in [-0.25, -0.2) is 4.99 Å². The molecule has 0 aliphatic carbocycles. The second-order valence-electron chi connectivity index (χ2n) is 3.35. The molecule has 4 heteroatoms. The van der Waals surface area contributed by atoms with Crippen LogP contribution in [0.2, 0.25) is 0 Å². The van der Waals surface area contributed by atoms with E-state index in [0.29, 0.717) is 13.2 Å². The van der Waals surface area contributed by atoms with Gasteiger partial charge in [0.15, 0.2) is 0 Å². The molecule has 0 aromatic rings. The molecule has 0 unspecified atom stereocenters. The van der Waals surface area contributed by atoms with E-state index in [9.17, 15) is 4.79 Å². The highest BCUT2D eigenvalue weighted by atomic mass is 32.1. The number of thiocarbonyl (C=S) groups is 1. The number of carbonyl (C=O) groups excluding carboxylic acids is 1. The number of carbonyl (C=O) groups is 1. The molecule has 0 aliphatic heterocycles. The molecule has 0 heterocycles. The van der Waals surface area contributed by atoms with Crippen molar-refractivity contribution >= 4 is 23.3 Å². The molecule has 0 fully saturated rings. The molecule has 12 heavy (non-hydrogen) atoms. The molecule has 3 nitrogen and oxygen atoms in total. The van der Waals surface area contributed by atoms with E-state index in [-0.39, 0.29) is 11.4 Å². The Labute approximate surface area is 77.8 Å². The highest BCUT2D eigenvalue weighted by molar-refractivity contribution is 7.78. The molecule has 0 bridgehead atoms. The minimum Gasteiger partial charge on any atom is -0.465 e. The van der Waals surface area contributed by atoms with Gasteiger partial charge in [-0.05, 0) is 12.2 Å². The molecule has 0 aromatic carbocycles. The highest BCUT2D eigenvalue weighted by Gasteiger charge is 2.18. The number of ether oxygens (including phenoxy) is 1. The van der Waals surface area contributed by atoms with Crippen LogP contribution in [0.4, 0.5) is 0 Å². The summed E-state index contributed by atoms with van der Waals surface area (Å²) in [4.78, 5) is 14.3. The summed E-state index contributed by atoms with van der Waals surface area (Å²) in [7, 11) is 0. The minimum atomic E-state index is -0.269. The van der Waals surface area contributed by atoms with E-state index in [0.717, 1.165) is 0 Å². The summed E-state index contributed by atoms with van der Waals surface area (Å²) in [5.41, 5.74) is -0.155. The van der Waals surface area contributed by atoms with E-state index in [1.807, 2.05) is 13.8 Å². The summed E-state index contributed by atoms with van der Waals surface area (Å²) in [6.07, 6.45) is 0. The van der Waals surface area contributed by atoms with Gasteiger partial charge in [0, 0.05) is 12.3 Å². The number of aliphatic imine (C=N–C) groups is 1. The lowest BCUT2D eigenvalue weighted by atomic mass is 9.95. The topological polar surface area (TPSA) is 38.7 Å². The molecule has 0 amide bonds. The van der Waals surface area contributed by atoms with Crippen LogP contribution < -0.4 is 0 Å². The van der Waals surface area contributed by atoms with Crippen LogP contribution in [0.3, 0.4) is 0 Å². The van der Waals surface area contributed by atoms with Gasteiger partial charge in [0.1, 0.15) is 0 Å². The van der Waals surface area contributed by atoms with E-state index in [2.05, 4.69) is 22.4 Å². The number of nitrogens with zero attached hydrogens (tertiary/aromatic N) is 1. The van der Waals surface area contributed by atoms with Gasteiger partial charge in [0.05, 0.1) is 18.3 Å². The summed E-state index contributed by atoms with van der Waals surface area (Å²) in [6, 6.07) is 0. The third kappa shape index (κ3) is 6.01. The summed E-state index contributed by atoms with van der Waals surface area (Å²) < 4.78 is 4.84. The molecule has 0 aliphatic rings. The fraction of sp³-hybridized carbons (Fsp3) is 0.750. The van der Waals surface area contributed by atoms with Crippen LogP contribution in [-0.2, 0) is 9.53 Å². The van der Waals surface area contributed by atoms with Crippen molar-refractivity contribution < 1.29 is 9.53 Å². The Morgan fingerprint density at radius 2 is 2.25 bits per heavy atom. The predicted molar refractivity (Wildman–Crippen MR) is 50.3 cm³/mol. The smallest absolute Gasteiger partial charge is 0.302 e. The Bertz CT molecular complexity index is 207. The Morgan fingerprint density at radius 1 is 1.67 bits per heavy atom. The third-order valence-electron chi connectivity index (χ3n) is 1.24. The standard InChI is InChI=1S/C8H13NO2S/c1-7(10)11-5-8(2,3)4-9-6-12/h4-5H2,1-3H3. The first kappa shape index (κ1) is 11.3. The van der Waals surface area contributed by atoms with Crippen LogP contribution in [0.5, 0.6) is 0 Å². The molecule has 0 saturated carbocycles. The molecule has 0 saturated heterocycles. The summed E-state index contributed by atoms with van der Waals surface area (Å²) >= 11 is 4.43. The molecular formula is C8H13NO2S. The fourth-order valence-electron chi connectivity index (χ4n) is 0.589. The molecule has 0 radical (unpaired) electrons. The maximum Gasteiger partial charge on any atom is 0.302 e. The van der Waals surface area contributed by atoms with Gasteiger partial charge in [0.2, 0.25) is 0 Å². The van der Waals surface area contributed by atoms with Gasteiger partial charge in [-0.2, -0.15) is 0 Å². The highest BCUT2D eigenvalue weighted by Crippen LogP contribution is 2.15. The predicted octanol–water partition coefficient (Wildman–Crippen LogP) is 1.68. The SMILES string of the molecule is CC(=O)OCC(C)(C)CN=C=S. The zero-order valence-corrected chi connectivity index (χ0v) is 8.40. The largest absolute Gasteiger partial charge is 0.465 e. The lowest BCUT2D eigenvalue weighted by Gasteiger charge is -2.20. The van der Waals surface area contributed by atoms with Crippen molar-refractivity contribution in [1.82, 2.24) is 0 Å². The molecule has 0 rings (SSSR count). The van der Waals surface area contributed by atoms with Gasteiger partial charge >= 0.3 is 5.97 Å². The zero-order valence-electron chi connectivity index (χ0n) is 7.59. The number of rotatable bonds is 4. The summed E-state index contributed by atoms with van der Waals surface area (Å²) in [5, 5.41) is 2.28. The summed E-state index contributed by atoms with van der Waals surface area (Å²) in [5.74, 6) is -0.269. The van der Waals surface area contributed by atoms with Crippen LogP contribution >= 0.6 is 12.2 Å². The van der Waals surface area contributed by atoms with Crippen molar-refractivity contribution in [3.05, 3.63) is 0 Å². The normalized spacial score (nSPS) is 10.2. The average molecular weight is 187 g/mol. The molecule has 0 atom stereocenters. The first-order chi connectivity index (χ1) is 5.48. The monoisotopic (exact) mass is 187 g/mol. The molecule has 0 aromatic heterocycles. The van der Waals surface area contributed by atoms with Crippen molar-refractivity contribution in [3.8, 4) is 0 Å². The lowest BCUT2D eigenvalue weighted by Crippen LogP contribution is -2.24. The average Bonchev–Trinajstić information content (AvgIpc) is 1.98. The second-order valence-corrected chi connectivity index (χ2v) is 3.53. The van der Waals surface area contributed by atoms with Gasteiger partial charge in [-0.3, -0.25) is 4.79 Å². The first-order valence-electron chi connectivity index (χ1n) is 3.65. The fourth-order valence-corrected chi connectivity index (χ4v) is 0.653. The van der Waals surface area contributed by atoms with Crippen LogP contribution in [0, 0.1) is 5.41 Å². The van der Waals surface area contributed by atoms with Crippen LogP contribution in [0.1, 0.15) is 20.8 Å². The van der Waals surface area contributed by atoms with Crippen LogP contribution in [-0.4, -0.2) is 24.3 Å². The number of hydrogen-bond donors (Lipinski definition) is 0. The van der Waals surface area contributed by atoms with Gasteiger partial charge in [0.25, 0.3) is 0 Å². The first-order valence-corrected chi connectivity index (χ1v) is 4.06. The van der Waals surface area contributed by atoms with Crippen LogP contribution in [0.25, 0.3) is 0 Å². The van der Waals surface area contributed by atoms with E-state index >= 15 is 0 Å². The van der Waals surface area contributed by atoms with E-state index in [4.69, 9.17) is 4.74 Å². The van der Waals surface area contributed by atoms with Gasteiger partial charge in [-0.15, -0.1) is 0 Å². The van der Waals surface area contributed by atoms with Crippen LogP contribution in [0.15, 0.2) is 4.99 Å². The molecule has 0 N–H and O–H groups in total. The Balaban J connectivity index is 3.85. The van der Waals surface area contributed by atoms with E-state index in [1.54, 1.807) is 0 Å². The van der Waals surface area contributed by atoms with Crippen molar-refractivity contribution in [3.63, 3.8) is 0 Å². The third-order valence-corrected chi connectivity index (χ3v) is 1.37. The zero-order chi connectivity index (χ0) is 9.61. The lowest BCUT2D eigenvalue weighted by molar-refractivity contribution is -0.143. The van der Waals surface area contributed by atoms with Gasteiger partial charge in [-0.1, -0.05) is 13.8 Å². The summed E-state index contributed by atoms with van der Waals surface area (Å²) in [6.45, 7) is 6.18. The number of hydrogen-bond acceptors (Lipinski definition) is 4. The molecular weight excluding hydrogens is 174 g/mol. The van der Waals surface area contributed by atoms with Crippen molar-refractivity contribution in [2.75, 3.05) is 13.2 Å². The second kappa shape index (κ2) is 5.01. The van der Waals surface area contributed by atoms with Crippen molar-refractivity contribution in [2.45, 2.75) is 20.8 Å². The van der Waals surface area contributed by atoms with E-state index < -0.39 is 0 Å².